The SMILES string of the molecule is N#Cc1c(N=Cc2ccc(-c3ccccc3C(=O)[O-])o2)sc2c1CCCC2. The van der Waals surface area contributed by atoms with Crippen LogP contribution in [0.4, 0.5) is 5.00 Å². The molecule has 0 amide bonds. The second kappa shape index (κ2) is 7.22. The van der Waals surface area contributed by atoms with Gasteiger partial charge < -0.3 is 14.3 Å². The van der Waals surface area contributed by atoms with Crippen LogP contribution in [0.15, 0.2) is 45.8 Å². The van der Waals surface area contributed by atoms with Gasteiger partial charge in [-0.25, -0.2) is 4.99 Å². The van der Waals surface area contributed by atoms with Crippen LogP contribution in [-0.4, -0.2) is 12.2 Å². The lowest BCUT2D eigenvalue weighted by Gasteiger charge is -2.09. The molecule has 4 rings (SSSR count). The first kappa shape index (κ1) is 17.3. The largest absolute Gasteiger partial charge is 0.545 e. The van der Waals surface area contributed by atoms with Gasteiger partial charge in [0.05, 0.1) is 17.7 Å². The van der Waals surface area contributed by atoms with E-state index in [1.807, 2.05) is 0 Å². The number of aryl methyl sites for hydroxylation is 1. The molecule has 3 aromatic rings. The van der Waals surface area contributed by atoms with Crippen molar-refractivity contribution in [3.63, 3.8) is 0 Å². The Morgan fingerprint density at radius 2 is 2.04 bits per heavy atom. The lowest BCUT2D eigenvalue weighted by atomic mass is 9.96. The third-order valence-electron chi connectivity index (χ3n) is 4.61. The van der Waals surface area contributed by atoms with Gasteiger partial charge in [-0.3, -0.25) is 0 Å². The Morgan fingerprint density at radius 3 is 2.85 bits per heavy atom. The van der Waals surface area contributed by atoms with E-state index in [-0.39, 0.29) is 5.56 Å². The molecule has 0 atom stereocenters. The number of hydrogen-bond acceptors (Lipinski definition) is 6. The van der Waals surface area contributed by atoms with Gasteiger partial charge in [-0.15, -0.1) is 11.3 Å². The number of aliphatic imine (C=N–C) groups is 1. The third kappa shape index (κ3) is 3.29. The molecule has 1 aliphatic carbocycles. The highest BCUT2D eigenvalue weighted by molar-refractivity contribution is 7.16. The average Bonchev–Trinajstić information content (AvgIpc) is 3.30. The smallest absolute Gasteiger partial charge is 0.145 e. The van der Waals surface area contributed by atoms with Crippen LogP contribution in [0, 0.1) is 11.3 Å². The number of carbonyl (C=O) groups is 1. The van der Waals surface area contributed by atoms with Crippen molar-refractivity contribution in [2.24, 2.45) is 4.99 Å². The van der Waals surface area contributed by atoms with E-state index < -0.39 is 5.97 Å². The van der Waals surface area contributed by atoms with Gasteiger partial charge in [0.1, 0.15) is 22.6 Å². The van der Waals surface area contributed by atoms with E-state index in [2.05, 4.69) is 11.1 Å². The van der Waals surface area contributed by atoms with Crippen molar-refractivity contribution in [2.75, 3.05) is 0 Å². The van der Waals surface area contributed by atoms with Crippen LogP contribution < -0.4 is 5.11 Å². The predicted octanol–water partition coefficient (Wildman–Crippen LogP) is 3.87. The number of benzene rings is 1. The van der Waals surface area contributed by atoms with Gasteiger partial charge in [0, 0.05) is 16.0 Å². The summed E-state index contributed by atoms with van der Waals surface area (Å²) in [6.07, 6.45) is 5.79. The van der Waals surface area contributed by atoms with Crippen LogP contribution in [0.5, 0.6) is 0 Å². The van der Waals surface area contributed by atoms with Crippen molar-refractivity contribution < 1.29 is 14.3 Å². The molecule has 134 valence electrons. The van der Waals surface area contributed by atoms with Crippen molar-refractivity contribution in [2.45, 2.75) is 25.7 Å². The van der Waals surface area contributed by atoms with Gasteiger partial charge in [-0.2, -0.15) is 5.26 Å². The topological polar surface area (TPSA) is 89.4 Å². The quantitative estimate of drug-likeness (QED) is 0.647. The number of nitriles is 1. The minimum absolute atomic E-state index is 0.0769. The Balaban J connectivity index is 1.64. The van der Waals surface area contributed by atoms with E-state index >= 15 is 0 Å². The Kier molecular flexibility index (Phi) is 4.61. The first-order valence-electron chi connectivity index (χ1n) is 8.66. The van der Waals surface area contributed by atoms with E-state index in [1.165, 1.54) is 10.9 Å². The molecule has 0 aliphatic heterocycles. The molecule has 2 heterocycles. The first-order chi connectivity index (χ1) is 13.2. The van der Waals surface area contributed by atoms with Gasteiger partial charge in [-0.05, 0) is 43.4 Å². The van der Waals surface area contributed by atoms with E-state index in [4.69, 9.17) is 4.42 Å². The number of nitrogens with zero attached hydrogens (tertiary/aromatic N) is 2. The molecule has 0 N–H and O–H groups in total. The molecular weight excluding hydrogens is 360 g/mol. The van der Waals surface area contributed by atoms with Gasteiger partial charge in [-0.1, -0.05) is 24.3 Å². The highest BCUT2D eigenvalue weighted by Gasteiger charge is 2.20. The number of rotatable bonds is 4. The van der Waals surface area contributed by atoms with E-state index in [0.717, 1.165) is 31.2 Å². The third-order valence-corrected chi connectivity index (χ3v) is 5.81. The second-order valence-electron chi connectivity index (χ2n) is 6.30. The van der Waals surface area contributed by atoms with E-state index in [9.17, 15) is 15.2 Å². The summed E-state index contributed by atoms with van der Waals surface area (Å²) < 4.78 is 5.74. The molecule has 0 saturated carbocycles. The summed E-state index contributed by atoms with van der Waals surface area (Å²) in [7, 11) is 0. The lowest BCUT2D eigenvalue weighted by Crippen LogP contribution is -2.22. The molecule has 0 fully saturated rings. The van der Waals surface area contributed by atoms with Crippen LogP contribution in [0.25, 0.3) is 11.3 Å². The van der Waals surface area contributed by atoms with E-state index in [1.54, 1.807) is 47.9 Å². The van der Waals surface area contributed by atoms with Crippen molar-refractivity contribution in [1.82, 2.24) is 0 Å². The molecule has 0 radical (unpaired) electrons. The molecular formula is C21H15N2O3S-. The number of aromatic carboxylic acids is 1. The second-order valence-corrected chi connectivity index (χ2v) is 7.38. The molecule has 2 aromatic heterocycles. The molecule has 0 bridgehead atoms. The summed E-state index contributed by atoms with van der Waals surface area (Å²) in [6.45, 7) is 0. The Labute approximate surface area is 160 Å². The number of fused-ring (bicyclic) bond motifs is 1. The van der Waals surface area contributed by atoms with Crippen LogP contribution in [-0.2, 0) is 12.8 Å². The number of furan rings is 1. The molecule has 0 saturated heterocycles. The Hall–Kier alpha value is -3.17. The van der Waals surface area contributed by atoms with Gasteiger partial charge in [0.2, 0.25) is 0 Å². The Morgan fingerprint density at radius 1 is 1.22 bits per heavy atom. The summed E-state index contributed by atoms with van der Waals surface area (Å²) in [6, 6.07) is 12.3. The maximum Gasteiger partial charge on any atom is 0.145 e. The summed E-state index contributed by atoms with van der Waals surface area (Å²) in [5.74, 6) is -0.323. The van der Waals surface area contributed by atoms with Crippen molar-refractivity contribution in [3.8, 4) is 17.4 Å². The fourth-order valence-electron chi connectivity index (χ4n) is 3.32. The van der Waals surface area contributed by atoms with Crippen LogP contribution in [0.1, 0.15) is 45.0 Å². The van der Waals surface area contributed by atoms with Crippen molar-refractivity contribution >= 4 is 28.5 Å². The summed E-state index contributed by atoms with van der Waals surface area (Å²) in [5.41, 5.74) is 2.35. The van der Waals surface area contributed by atoms with Gasteiger partial charge in [0.25, 0.3) is 0 Å². The molecule has 5 nitrogen and oxygen atoms in total. The summed E-state index contributed by atoms with van der Waals surface area (Å²) in [4.78, 5) is 17.0. The van der Waals surface area contributed by atoms with Crippen molar-refractivity contribution in [3.05, 3.63) is 63.7 Å². The fraction of sp³-hybridized carbons (Fsp3) is 0.190. The number of carbonyl (C=O) groups excluding carboxylic acids is 1. The van der Waals surface area contributed by atoms with Crippen LogP contribution >= 0.6 is 11.3 Å². The minimum Gasteiger partial charge on any atom is -0.545 e. The number of carboxylic acid groups (broad SMARTS) is 1. The molecule has 0 unspecified atom stereocenters. The molecule has 1 aliphatic rings. The first-order valence-corrected chi connectivity index (χ1v) is 9.48. The zero-order valence-corrected chi connectivity index (χ0v) is 15.2. The monoisotopic (exact) mass is 375 g/mol. The number of thiophene rings is 1. The molecule has 0 spiro atoms. The van der Waals surface area contributed by atoms with Gasteiger partial charge >= 0.3 is 0 Å². The Bertz CT molecular complexity index is 1090. The summed E-state index contributed by atoms with van der Waals surface area (Å²) in [5, 5.41) is 21.5. The highest BCUT2D eigenvalue weighted by atomic mass is 32.1. The minimum atomic E-state index is -1.25. The maximum absolute atomic E-state index is 11.3. The zero-order valence-electron chi connectivity index (χ0n) is 14.4. The summed E-state index contributed by atoms with van der Waals surface area (Å²) >= 11 is 1.57. The zero-order chi connectivity index (χ0) is 18.8. The maximum atomic E-state index is 11.3. The molecule has 27 heavy (non-hydrogen) atoms. The average molecular weight is 375 g/mol. The van der Waals surface area contributed by atoms with Crippen molar-refractivity contribution in [1.29, 1.82) is 5.26 Å². The van der Waals surface area contributed by atoms with Crippen LogP contribution in [0.3, 0.4) is 0 Å². The number of hydrogen-bond donors (Lipinski definition) is 0. The highest BCUT2D eigenvalue weighted by Crippen LogP contribution is 2.39. The fourth-order valence-corrected chi connectivity index (χ4v) is 4.51. The van der Waals surface area contributed by atoms with E-state index in [0.29, 0.717) is 27.6 Å². The lowest BCUT2D eigenvalue weighted by molar-refractivity contribution is -0.254. The molecule has 6 heteroatoms. The standard InChI is InChI=1S/C21H16N2O3S/c22-11-17-15-6-3-4-8-19(15)27-20(17)23-12-13-9-10-18(26-13)14-5-1-2-7-16(14)21(24)25/h1-2,5,7,9-10,12H,3-4,6,8H2,(H,24,25)/p-1. The predicted molar refractivity (Wildman–Crippen MR) is 101 cm³/mol. The van der Waals surface area contributed by atoms with Gasteiger partial charge in [0.15, 0.2) is 0 Å². The molecule has 1 aromatic carbocycles. The number of carboxylic acids is 1. The van der Waals surface area contributed by atoms with Crippen LogP contribution in [0.2, 0.25) is 0 Å². The normalized spacial score (nSPS) is 13.4.